The van der Waals surface area contributed by atoms with Gasteiger partial charge in [0.05, 0.1) is 6.04 Å². The summed E-state index contributed by atoms with van der Waals surface area (Å²) < 4.78 is 3.11. The van der Waals surface area contributed by atoms with Crippen LogP contribution in [0.4, 0.5) is 10.5 Å². The van der Waals surface area contributed by atoms with E-state index in [0.717, 1.165) is 5.69 Å². The minimum atomic E-state index is -0.232. The molecule has 0 bridgehead atoms. The average Bonchev–Trinajstić information content (AvgIpc) is 2.58. The van der Waals surface area contributed by atoms with Crippen molar-refractivity contribution in [3.8, 4) is 0 Å². The monoisotopic (exact) mass is 350 g/mol. The summed E-state index contributed by atoms with van der Waals surface area (Å²) in [5, 5.41) is 5.45. The van der Waals surface area contributed by atoms with E-state index < -0.39 is 0 Å². The highest BCUT2D eigenvalue weighted by Crippen LogP contribution is 2.17. The molecule has 0 unspecified atom stereocenters. The van der Waals surface area contributed by atoms with E-state index in [1.54, 1.807) is 23.1 Å². The number of benzene rings is 1. The second-order valence-electron chi connectivity index (χ2n) is 4.93. The van der Waals surface area contributed by atoms with Crippen LogP contribution in [0.2, 0.25) is 0 Å². The molecule has 3 amide bonds. The van der Waals surface area contributed by atoms with Gasteiger partial charge < -0.3 is 20.3 Å². The van der Waals surface area contributed by atoms with Crippen LogP contribution in [0, 0.1) is 0 Å². The van der Waals surface area contributed by atoms with E-state index >= 15 is 0 Å². The van der Waals surface area contributed by atoms with Gasteiger partial charge in [-0.1, -0.05) is 31.9 Å². The molecule has 1 fully saturated rings. The van der Waals surface area contributed by atoms with Crippen molar-refractivity contribution in [3.63, 3.8) is 0 Å². The first-order valence-corrected chi connectivity index (χ1v) is 9.20. The summed E-state index contributed by atoms with van der Waals surface area (Å²) in [6, 6.07) is 7.14. The summed E-state index contributed by atoms with van der Waals surface area (Å²) in [6.45, 7) is 9.03. The van der Waals surface area contributed by atoms with Crippen LogP contribution >= 0.6 is 11.9 Å². The maximum atomic E-state index is 12.3. The zero-order valence-corrected chi connectivity index (χ0v) is 15.3. The van der Waals surface area contributed by atoms with Gasteiger partial charge in [-0.15, -0.1) is 6.58 Å². The van der Waals surface area contributed by atoms with E-state index in [2.05, 4.69) is 21.9 Å². The van der Waals surface area contributed by atoms with Gasteiger partial charge in [0.2, 0.25) is 0 Å². The molecule has 1 aromatic carbocycles. The van der Waals surface area contributed by atoms with Gasteiger partial charge in [0.15, 0.2) is 0 Å². The highest BCUT2D eigenvalue weighted by atomic mass is 32.2. The number of carbonyl (C=O) groups is 2. The average molecular weight is 350 g/mol. The molecule has 0 aliphatic carbocycles. The number of carbonyl (C=O) groups excluding carboxylic acids is 2. The molecule has 1 aliphatic heterocycles. The molecule has 1 aliphatic rings. The van der Waals surface area contributed by atoms with Gasteiger partial charge >= 0.3 is 6.03 Å². The Hall–Kier alpha value is -2.15. The molecule has 0 atom stereocenters. The highest BCUT2D eigenvalue weighted by molar-refractivity contribution is 7.99. The Labute approximate surface area is 148 Å². The maximum absolute atomic E-state index is 12.3. The zero-order valence-electron chi connectivity index (χ0n) is 14.5. The Bertz CT molecular complexity index is 542. The minimum Gasteiger partial charge on any atom is -0.335 e. The summed E-state index contributed by atoms with van der Waals surface area (Å²) in [4.78, 5) is 25.4. The van der Waals surface area contributed by atoms with Crippen molar-refractivity contribution >= 4 is 29.6 Å². The van der Waals surface area contributed by atoms with Crippen molar-refractivity contribution in [2.24, 2.45) is 0 Å². The molecule has 0 radical (unpaired) electrons. The Morgan fingerprint density at radius 3 is 2.46 bits per heavy atom. The number of amides is 3. The summed E-state index contributed by atoms with van der Waals surface area (Å²) in [5.74, 6) is -0.0137. The lowest BCUT2D eigenvalue weighted by Crippen LogP contribution is -2.62. The van der Waals surface area contributed by atoms with E-state index in [1.165, 1.54) is 11.9 Å². The van der Waals surface area contributed by atoms with Crippen molar-refractivity contribution in [1.82, 2.24) is 15.5 Å². The Balaban J connectivity index is 0.00000139. The molecule has 7 heteroatoms. The van der Waals surface area contributed by atoms with E-state index in [4.69, 9.17) is 0 Å². The molecule has 1 heterocycles. The first-order chi connectivity index (χ1) is 11.6. The van der Waals surface area contributed by atoms with Crippen molar-refractivity contribution in [3.05, 3.63) is 42.5 Å². The van der Waals surface area contributed by atoms with Crippen molar-refractivity contribution < 1.29 is 9.59 Å². The lowest BCUT2D eigenvalue weighted by atomic mass is 10.1. The number of rotatable bonds is 6. The Morgan fingerprint density at radius 1 is 1.29 bits per heavy atom. The van der Waals surface area contributed by atoms with Crippen LogP contribution < -0.4 is 15.4 Å². The van der Waals surface area contributed by atoms with Gasteiger partial charge in [0.1, 0.15) is 0 Å². The zero-order chi connectivity index (χ0) is 17.9. The topological polar surface area (TPSA) is 73.5 Å². The van der Waals surface area contributed by atoms with Gasteiger partial charge in [-0.05, 0) is 24.3 Å². The molecular weight excluding hydrogens is 324 g/mol. The third-order valence-electron chi connectivity index (χ3n) is 3.26. The second kappa shape index (κ2) is 10.6. The van der Waals surface area contributed by atoms with Gasteiger partial charge in [-0.2, -0.15) is 0 Å². The predicted octanol–water partition coefficient (Wildman–Crippen LogP) is 2.71. The van der Waals surface area contributed by atoms with Crippen LogP contribution in [-0.2, 0) is 0 Å². The summed E-state index contributed by atoms with van der Waals surface area (Å²) in [5.41, 5.74) is 1.62. The predicted molar refractivity (Wildman–Crippen MR) is 101 cm³/mol. The van der Waals surface area contributed by atoms with Crippen LogP contribution in [0.25, 0.3) is 0 Å². The van der Waals surface area contributed by atoms with Crippen LogP contribution in [0.1, 0.15) is 24.2 Å². The SMILES string of the molecule is C=CCNC(=O)NC1CN(C(=O)c2ccc(NSC)cc2)C1.CC. The first-order valence-electron chi connectivity index (χ1n) is 7.97. The number of likely N-dealkylation sites (tertiary alicyclic amines) is 1. The smallest absolute Gasteiger partial charge is 0.315 e. The number of urea groups is 1. The molecule has 0 aromatic heterocycles. The summed E-state index contributed by atoms with van der Waals surface area (Å²) in [7, 11) is 0. The first kappa shape index (κ1) is 19.9. The van der Waals surface area contributed by atoms with Gasteiger partial charge in [0.25, 0.3) is 5.91 Å². The summed E-state index contributed by atoms with van der Waals surface area (Å²) >= 11 is 1.50. The van der Waals surface area contributed by atoms with E-state index in [0.29, 0.717) is 25.2 Å². The van der Waals surface area contributed by atoms with Crippen LogP contribution in [0.5, 0.6) is 0 Å². The molecule has 0 saturated carbocycles. The maximum Gasteiger partial charge on any atom is 0.315 e. The Kier molecular flexibility index (Phi) is 8.78. The molecule has 3 N–H and O–H groups in total. The molecule has 132 valence electrons. The molecular formula is C17H26N4O2S. The van der Waals surface area contributed by atoms with E-state index in [9.17, 15) is 9.59 Å². The van der Waals surface area contributed by atoms with Crippen molar-refractivity contribution in [2.45, 2.75) is 19.9 Å². The molecule has 1 aromatic rings. The third-order valence-corrected chi connectivity index (χ3v) is 3.70. The Morgan fingerprint density at radius 2 is 1.92 bits per heavy atom. The number of nitrogens with zero attached hydrogens (tertiary/aromatic N) is 1. The van der Waals surface area contributed by atoms with Crippen LogP contribution in [-0.4, -0.2) is 48.8 Å². The fraction of sp³-hybridized carbons (Fsp3) is 0.412. The number of hydrogen-bond donors (Lipinski definition) is 3. The van der Waals surface area contributed by atoms with Gasteiger partial charge in [-0.3, -0.25) is 4.79 Å². The molecule has 0 spiro atoms. The standard InChI is InChI=1S/C15H20N4O2S.C2H6/c1-3-8-16-15(21)17-13-9-19(10-13)14(20)11-4-6-12(7-5-11)18-22-2;1-2/h3-7,13,18H,1,8-10H2,2H3,(H2,16,17,21);1-2H3. The molecule has 24 heavy (non-hydrogen) atoms. The van der Waals surface area contributed by atoms with Gasteiger partial charge in [0, 0.05) is 37.1 Å². The third kappa shape index (κ3) is 5.81. The quantitative estimate of drug-likeness (QED) is 0.545. The summed E-state index contributed by atoms with van der Waals surface area (Å²) in [6.07, 6.45) is 3.56. The number of nitrogens with one attached hydrogen (secondary N) is 3. The van der Waals surface area contributed by atoms with E-state index in [1.807, 2.05) is 32.2 Å². The lowest BCUT2D eigenvalue weighted by Gasteiger charge is -2.39. The van der Waals surface area contributed by atoms with Crippen molar-refractivity contribution in [2.75, 3.05) is 30.6 Å². The fourth-order valence-corrected chi connectivity index (χ4v) is 2.49. The normalized spacial score (nSPS) is 13.0. The largest absolute Gasteiger partial charge is 0.335 e. The van der Waals surface area contributed by atoms with Crippen LogP contribution in [0.15, 0.2) is 36.9 Å². The van der Waals surface area contributed by atoms with E-state index in [-0.39, 0.29) is 18.0 Å². The van der Waals surface area contributed by atoms with Crippen LogP contribution in [0.3, 0.4) is 0 Å². The molecule has 6 nitrogen and oxygen atoms in total. The highest BCUT2D eigenvalue weighted by Gasteiger charge is 2.32. The molecule has 2 rings (SSSR count). The molecule has 1 saturated heterocycles. The number of anilines is 1. The fourth-order valence-electron chi connectivity index (χ4n) is 2.12. The van der Waals surface area contributed by atoms with Gasteiger partial charge in [-0.25, -0.2) is 4.79 Å². The lowest BCUT2D eigenvalue weighted by molar-refractivity contribution is 0.0577. The number of hydrogen-bond acceptors (Lipinski definition) is 4. The second-order valence-corrected chi connectivity index (χ2v) is 5.55. The van der Waals surface area contributed by atoms with Crippen molar-refractivity contribution in [1.29, 1.82) is 0 Å². The minimum absolute atomic E-state index is 0.00574.